The molecule has 1 nitrogen and oxygen atoms in total. The Bertz CT molecular complexity index is 570. The summed E-state index contributed by atoms with van der Waals surface area (Å²) in [5.74, 6) is -0.0328. The van der Waals surface area contributed by atoms with Crippen molar-refractivity contribution in [3.05, 3.63) is 75.2 Å². The zero-order valence-corrected chi connectivity index (χ0v) is 11.8. The van der Waals surface area contributed by atoms with Gasteiger partial charge >= 0.3 is 0 Å². The Morgan fingerprint density at radius 3 is 2.22 bits per heavy atom. The van der Waals surface area contributed by atoms with Gasteiger partial charge in [0.15, 0.2) is 5.78 Å². The lowest BCUT2D eigenvalue weighted by molar-refractivity contribution is 0.104. The van der Waals surface area contributed by atoms with Crippen LogP contribution in [0.15, 0.2) is 59.1 Å². The van der Waals surface area contributed by atoms with Crippen molar-refractivity contribution >= 4 is 39.4 Å². The minimum absolute atomic E-state index is 0.0328. The Balaban J connectivity index is 2.11. The molecule has 18 heavy (non-hydrogen) atoms. The molecule has 0 N–H and O–H groups in total. The van der Waals surface area contributed by atoms with Gasteiger partial charge in [-0.15, -0.1) is 0 Å². The third-order valence-electron chi connectivity index (χ3n) is 2.43. The average molecular weight is 322 g/mol. The van der Waals surface area contributed by atoms with E-state index in [1.54, 1.807) is 36.4 Å². The van der Waals surface area contributed by atoms with Crippen LogP contribution in [0.1, 0.15) is 15.9 Å². The summed E-state index contributed by atoms with van der Waals surface area (Å²) in [6.07, 6.45) is 3.36. The van der Waals surface area contributed by atoms with Gasteiger partial charge in [0.2, 0.25) is 0 Å². The molecular formula is C15H10BrClO. The highest BCUT2D eigenvalue weighted by molar-refractivity contribution is 9.10. The van der Waals surface area contributed by atoms with Crippen molar-refractivity contribution in [2.75, 3.05) is 0 Å². The van der Waals surface area contributed by atoms with Crippen molar-refractivity contribution in [3.8, 4) is 0 Å². The third-order valence-corrected chi connectivity index (χ3v) is 3.21. The number of benzene rings is 2. The molecule has 0 saturated heterocycles. The van der Waals surface area contributed by atoms with Gasteiger partial charge in [0, 0.05) is 15.1 Å². The molecule has 0 heterocycles. The van der Waals surface area contributed by atoms with E-state index in [0.717, 1.165) is 10.0 Å². The summed E-state index contributed by atoms with van der Waals surface area (Å²) in [5, 5.41) is 0.628. The van der Waals surface area contributed by atoms with Gasteiger partial charge in [-0.2, -0.15) is 0 Å². The molecule has 0 fully saturated rings. The summed E-state index contributed by atoms with van der Waals surface area (Å²) in [7, 11) is 0. The number of hydrogen-bond acceptors (Lipinski definition) is 1. The van der Waals surface area contributed by atoms with Crippen LogP contribution in [-0.2, 0) is 0 Å². The number of ketones is 1. The van der Waals surface area contributed by atoms with E-state index in [0.29, 0.717) is 10.6 Å². The molecule has 90 valence electrons. The second-order valence-corrected chi connectivity index (χ2v) is 5.11. The van der Waals surface area contributed by atoms with Gasteiger partial charge in [0.25, 0.3) is 0 Å². The Morgan fingerprint density at radius 2 is 1.61 bits per heavy atom. The van der Waals surface area contributed by atoms with E-state index in [-0.39, 0.29) is 5.78 Å². The first-order valence-corrected chi connectivity index (χ1v) is 6.56. The smallest absolute Gasteiger partial charge is 0.185 e. The fraction of sp³-hybridized carbons (Fsp3) is 0. The lowest BCUT2D eigenvalue weighted by atomic mass is 10.1. The van der Waals surface area contributed by atoms with E-state index in [2.05, 4.69) is 15.9 Å². The zero-order valence-electron chi connectivity index (χ0n) is 9.44. The van der Waals surface area contributed by atoms with Crippen molar-refractivity contribution < 1.29 is 4.79 Å². The van der Waals surface area contributed by atoms with Gasteiger partial charge in [-0.1, -0.05) is 45.7 Å². The van der Waals surface area contributed by atoms with Crippen molar-refractivity contribution in [1.29, 1.82) is 0 Å². The summed E-state index contributed by atoms with van der Waals surface area (Å²) >= 11 is 9.14. The van der Waals surface area contributed by atoms with Crippen LogP contribution in [0.5, 0.6) is 0 Å². The molecule has 0 amide bonds. The first kappa shape index (κ1) is 13.1. The minimum Gasteiger partial charge on any atom is -0.289 e. The van der Waals surface area contributed by atoms with E-state index < -0.39 is 0 Å². The summed E-state index contributed by atoms with van der Waals surface area (Å²) in [5.41, 5.74) is 1.62. The van der Waals surface area contributed by atoms with Crippen LogP contribution in [0.25, 0.3) is 6.08 Å². The van der Waals surface area contributed by atoms with E-state index in [9.17, 15) is 4.79 Å². The van der Waals surface area contributed by atoms with E-state index in [1.165, 1.54) is 0 Å². The topological polar surface area (TPSA) is 17.1 Å². The van der Waals surface area contributed by atoms with Gasteiger partial charge in [0.05, 0.1) is 0 Å². The Hall–Kier alpha value is -1.38. The molecule has 0 unspecified atom stereocenters. The minimum atomic E-state index is -0.0328. The van der Waals surface area contributed by atoms with E-state index >= 15 is 0 Å². The SMILES string of the molecule is O=C(/C=C\c1ccc(Br)cc1)c1ccc(Cl)cc1. The maximum Gasteiger partial charge on any atom is 0.185 e. The van der Waals surface area contributed by atoms with Crippen molar-refractivity contribution in [1.82, 2.24) is 0 Å². The van der Waals surface area contributed by atoms with Gasteiger partial charge in [0.1, 0.15) is 0 Å². The number of rotatable bonds is 3. The lowest BCUT2D eigenvalue weighted by Crippen LogP contribution is -1.92. The van der Waals surface area contributed by atoms with E-state index in [4.69, 9.17) is 11.6 Å². The summed E-state index contributed by atoms with van der Waals surface area (Å²) in [6, 6.07) is 14.6. The van der Waals surface area contributed by atoms with Crippen LogP contribution in [0.3, 0.4) is 0 Å². The van der Waals surface area contributed by atoms with Crippen molar-refractivity contribution in [2.45, 2.75) is 0 Å². The second kappa shape index (κ2) is 5.98. The first-order chi connectivity index (χ1) is 8.65. The molecule has 0 spiro atoms. The van der Waals surface area contributed by atoms with Gasteiger partial charge in [-0.25, -0.2) is 0 Å². The van der Waals surface area contributed by atoms with Crippen molar-refractivity contribution in [3.63, 3.8) is 0 Å². The molecule has 0 aliphatic rings. The molecule has 0 bridgehead atoms. The largest absolute Gasteiger partial charge is 0.289 e. The van der Waals surface area contributed by atoms with E-state index in [1.807, 2.05) is 24.3 Å². The van der Waals surface area contributed by atoms with Crippen LogP contribution < -0.4 is 0 Å². The maximum absolute atomic E-state index is 11.9. The average Bonchev–Trinajstić information content (AvgIpc) is 2.38. The fourth-order valence-corrected chi connectivity index (χ4v) is 1.85. The monoisotopic (exact) mass is 320 g/mol. The molecule has 0 radical (unpaired) electrons. The molecule has 3 heteroatoms. The van der Waals surface area contributed by atoms with Crippen LogP contribution in [0.2, 0.25) is 5.02 Å². The molecule has 2 aromatic rings. The van der Waals surface area contributed by atoms with Gasteiger partial charge in [-0.05, 0) is 48.0 Å². The van der Waals surface area contributed by atoms with Crippen LogP contribution in [0, 0.1) is 0 Å². The quantitative estimate of drug-likeness (QED) is 0.574. The van der Waals surface area contributed by atoms with Gasteiger partial charge in [-0.3, -0.25) is 4.79 Å². The fourth-order valence-electron chi connectivity index (χ4n) is 1.46. The molecular weight excluding hydrogens is 312 g/mol. The Morgan fingerprint density at radius 1 is 1.00 bits per heavy atom. The Labute approximate surface area is 119 Å². The zero-order chi connectivity index (χ0) is 13.0. The number of hydrogen-bond donors (Lipinski definition) is 0. The predicted octanol–water partition coefficient (Wildman–Crippen LogP) is 5.00. The summed E-state index contributed by atoms with van der Waals surface area (Å²) in [6.45, 7) is 0. The number of allylic oxidation sites excluding steroid dienone is 1. The second-order valence-electron chi connectivity index (χ2n) is 3.76. The standard InChI is InChI=1S/C15H10BrClO/c16-13-6-1-11(2-7-13)3-10-15(18)12-4-8-14(17)9-5-12/h1-10H/b10-3-. The first-order valence-electron chi connectivity index (χ1n) is 5.39. The van der Waals surface area contributed by atoms with Gasteiger partial charge < -0.3 is 0 Å². The molecule has 0 aliphatic carbocycles. The maximum atomic E-state index is 11.9. The third kappa shape index (κ3) is 3.56. The molecule has 0 aliphatic heterocycles. The molecule has 2 rings (SSSR count). The molecule has 0 atom stereocenters. The Kier molecular flexibility index (Phi) is 4.34. The summed E-state index contributed by atoms with van der Waals surface area (Å²) < 4.78 is 1.02. The van der Waals surface area contributed by atoms with Crippen LogP contribution >= 0.6 is 27.5 Å². The highest BCUT2D eigenvalue weighted by atomic mass is 79.9. The molecule has 0 saturated carbocycles. The number of carbonyl (C=O) groups is 1. The number of carbonyl (C=O) groups excluding carboxylic acids is 1. The van der Waals surface area contributed by atoms with Crippen LogP contribution in [-0.4, -0.2) is 5.78 Å². The highest BCUT2D eigenvalue weighted by Crippen LogP contribution is 2.13. The normalized spacial score (nSPS) is 10.8. The number of halogens is 2. The van der Waals surface area contributed by atoms with Crippen molar-refractivity contribution in [2.24, 2.45) is 0 Å². The highest BCUT2D eigenvalue weighted by Gasteiger charge is 2.00. The molecule has 0 aromatic heterocycles. The summed E-state index contributed by atoms with van der Waals surface area (Å²) in [4.78, 5) is 11.9. The lowest BCUT2D eigenvalue weighted by Gasteiger charge is -1.96. The molecule has 2 aromatic carbocycles. The van der Waals surface area contributed by atoms with Crippen LogP contribution in [0.4, 0.5) is 0 Å². The predicted molar refractivity (Wildman–Crippen MR) is 79.0 cm³/mol.